The molecule has 0 aliphatic heterocycles. The van der Waals surface area contributed by atoms with Crippen molar-refractivity contribution in [2.75, 3.05) is 66.1 Å². The molecule has 0 spiro atoms. The molecule has 0 aliphatic rings. The fraction of sp³-hybridized carbons (Fsp3) is 1.00. The Labute approximate surface area is 163 Å². The van der Waals surface area contributed by atoms with Crippen LogP contribution in [0.15, 0.2) is 0 Å². The molecule has 27 heavy (non-hydrogen) atoms. The molecule has 0 aromatic carbocycles. The van der Waals surface area contributed by atoms with Crippen LogP contribution in [0.1, 0.15) is 32.6 Å². The van der Waals surface area contributed by atoms with Crippen molar-refractivity contribution in [3.8, 4) is 0 Å². The van der Waals surface area contributed by atoms with Gasteiger partial charge in [-0.05, 0) is 19.3 Å². The van der Waals surface area contributed by atoms with E-state index in [1.807, 2.05) is 0 Å². The van der Waals surface area contributed by atoms with Crippen molar-refractivity contribution in [2.45, 2.75) is 38.7 Å². The maximum absolute atomic E-state index is 9.34. The van der Waals surface area contributed by atoms with Crippen LogP contribution in [0, 0.1) is 17.8 Å². The van der Waals surface area contributed by atoms with E-state index in [-0.39, 0.29) is 70.1 Å². The first-order chi connectivity index (χ1) is 13.1. The molecule has 0 heterocycles. The molecule has 5 N–H and O–H groups in total. The third kappa shape index (κ3) is 14.3. The average molecular weight is 397 g/mol. The van der Waals surface area contributed by atoms with Crippen LogP contribution >= 0.6 is 0 Å². The average Bonchev–Trinajstić information content (AvgIpc) is 2.68. The van der Waals surface area contributed by atoms with Crippen molar-refractivity contribution in [1.29, 1.82) is 0 Å². The molecule has 4 atom stereocenters. The van der Waals surface area contributed by atoms with Gasteiger partial charge in [-0.15, -0.1) is 0 Å². The second-order valence-corrected chi connectivity index (χ2v) is 6.99. The van der Waals surface area contributed by atoms with Crippen LogP contribution in [-0.2, 0) is 14.2 Å². The molecule has 0 saturated heterocycles. The molecule has 0 aliphatic carbocycles. The Morgan fingerprint density at radius 3 is 1.44 bits per heavy atom. The first-order valence-corrected chi connectivity index (χ1v) is 9.96. The molecule has 4 unspecified atom stereocenters. The zero-order chi connectivity index (χ0) is 20.3. The SMILES string of the molecule is CCCC(CO)COCC(COCC(CO)CCO)OCC(CO)CCO. The molecule has 0 fully saturated rings. The highest BCUT2D eigenvalue weighted by Crippen LogP contribution is 2.10. The molecular formula is C19H40O8. The van der Waals surface area contributed by atoms with E-state index in [9.17, 15) is 15.3 Å². The monoisotopic (exact) mass is 396 g/mol. The molecule has 0 bridgehead atoms. The van der Waals surface area contributed by atoms with E-state index in [1.54, 1.807) is 0 Å². The maximum atomic E-state index is 9.34. The van der Waals surface area contributed by atoms with Gasteiger partial charge in [0, 0.05) is 50.8 Å². The van der Waals surface area contributed by atoms with Gasteiger partial charge < -0.3 is 39.7 Å². The number of aliphatic hydroxyl groups is 5. The molecule has 8 heteroatoms. The highest BCUT2D eigenvalue weighted by atomic mass is 16.6. The Balaban J connectivity index is 4.41. The van der Waals surface area contributed by atoms with Gasteiger partial charge in [-0.2, -0.15) is 0 Å². The number of rotatable bonds is 20. The zero-order valence-electron chi connectivity index (χ0n) is 16.7. The quantitative estimate of drug-likeness (QED) is 0.191. The van der Waals surface area contributed by atoms with Crippen LogP contribution in [-0.4, -0.2) is 97.7 Å². The minimum atomic E-state index is -0.354. The lowest BCUT2D eigenvalue weighted by Gasteiger charge is -2.23. The standard InChI is InChI=1S/C19H40O8/c1-2-3-16(8-22)11-25-14-19(27-13-18(10-24)5-7-21)15-26-12-17(9-23)4-6-20/h16-24H,2-15H2,1H3. The van der Waals surface area contributed by atoms with Crippen molar-refractivity contribution in [3.63, 3.8) is 0 Å². The summed E-state index contributed by atoms with van der Waals surface area (Å²) in [7, 11) is 0. The molecule has 0 radical (unpaired) electrons. The highest BCUT2D eigenvalue weighted by Gasteiger charge is 2.17. The summed E-state index contributed by atoms with van der Waals surface area (Å²) in [4.78, 5) is 0. The van der Waals surface area contributed by atoms with Gasteiger partial charge in [0.15, 0.2) is 0 Å². The van der Waals surface area contributed by atoms with Gasteiger partial charge in [-0.3, -0.25) is 0 Å². The number of hydrogen-bond acceptors (Lipinski definition) is 8. The molecule has 0 aromatic heterocycles. The summed E-state index contributed by atoms with van der Waals surface area (Å²) in [5, 5.41) is 45.9. The summed E-state index contributed by atoms with van der Waals surface area (Å²) >= 11 is 0. The third-order valence-corrected chi connectivity index (χ3v) is 4.43. The minimum Gasteiger partial charge on any atom is -0.396 e. The number of aliphatic hydroxyl groups excluding tert-OH is 5. The van der Waals surface area contributed by atoms with Gasteiger partial charge in [0.05, 0.1) is 33.0 Å². The molecule has 164 valence electrons. The second kappa shape index (κ2) is 19.0. The molecule has 0 rings (SSSR count). The van der Waals surface area contributed by atoms with Crippen molar-refractivity contribution in [3.05, 3.63) is 0 Å². The molecule has 8 nitrogen and oxygen atoms in total. The predicted molar refractivity (Wildman–Crippen MR) is 101 cm³/mol. The molecule has 0 amide bonds. The summed E-state index contributed by atoms with van der Waals surface area (Å²) in [6, 6.07) is 0. The van der Waals surface area contributed by atoms with Crippen molar-refractivity contribution in [2.24, 2.45) is 17.8 Å². The third-order valence-electron chi connectivity index (χ3n) is 4.43. The van der Waals surface area contributed by atoms with Crippen molar-refractivity contribution < 1.29 is 39.7 Å². The van der Waals surface area contributed by atoms with Gasteiger partial charge in [-0.1, -0.05) is 13.3 Å². The minimum absolute atomic E-state index is 0.00303. The van der Waals surface area contributed by atoms with E-state index in [1.165, 1.54) is 0 Å². The second-order valence-electron chi connectivity index (χ2n) is 6.99. The Hall–Kier alpha value is -0.320. The maximum Gasteiger partial charge on any atom is 0.104 e. The van der Waals surface area contributed by atoms with Crippen LogP contribution in [0.25, 0.3) is 0 Å². The van der Waals surface area contributed by atoms with Crippen LogP contribution in [0.4, 0.5) is 0 Å². The predicted octanol–water partition coefficient (Wildman–Crippen LogP) is -0.205. The Kier molecular flexibility index (Phi) is 18.8. The van der Waals surface area contributed by atoms with Gasteiger partial charge in [0.2, 0.25) is 0 Å². The van der Waals surface area contributed by atoms with Crippen LogP contribution in [0.2, 0.25) is 0 Å². The van der Waals surface area contributed by atoms with Gasteiger partial charge in [-0.25, -0.2) is 0 Å². The first kappa shape index (κ1) is 26.7. The summed E-state index contributed by atoms with van der Waals surface area (Å²) in [6.45, 7) is 3.59. The van der Waals surface area contributed by atoms with Crippen LogP contribution in [0.5, 0.6) is 0 Å². The van der Waals surface area contributed by atoms with Crippen LogP contribution < -0.4 is 0 Å². The Morgan fingerprint density at radius 1 is 0.593 bits per heavy atom. The molecular weight excluding hydrogens is 356 g/mol. The lowest BCUT2D eigenvalue weighted by atomic mass is 10.1. The van der Waals surface area contributed by atoms with E-state index in [0.717, 1.165) is 12.8 Å². The van der Waals surface area contributed by atoms with E-state index in [2.05, 4.69) is 6.92 Å². The van der Waals surface area contributed by atoms with Gasteiger partial charge >= 0.3 is 0 Å². The van der Waals surface area contributed by atoms with Crippen molar-refractivity contribution >= 4 is 0 Å². The van der Waals surface area contributed by atoms with Crippen LogP contribution in [0.3, 0.4) is 0 Å². The first-order valence-electron chi connectivity index (χ1n) is 9.96. The lowest BCUT2D eigenvalue weighted by Crippen LogP contribution is -2.31. The molecule has 0 aromatic rings. The fourth-order valence-corrected chi connectivity index (χ4v) is 2.60. The fourth-order valence-electron chi connectivity index (χ4n) is 2.60. The summed E-state index contributed by atoms with van der Waals surface area (Å²) in [6.07, 6.45) is 2.44. The Bertz CT molecular complexity index is 285. The summed E-state index contributed by atoms with van der Waals surface area (Å²) in [5.74, 6) is -0.179. The zero-order valence-corrected chi connectivity index (χ0v) is 16.7. The number of ether oxygens (including phenoxy) is 3. The van der Waals surface area contributed by atoms with E-state index in [0.29, 0.717) is 32.7 Å². The largest absolute Gasteiger partial charge is 0.396 e. The van der Waals surface area contributed by atoms with Gasteiger partial charge in [0.25, 0.3) is 0 Å². The lowest BCUT2D eigenvalue weighted by molar-refractivity contribution is -0.0857. The van der Waals surface area contributed by atoms with E-state index < -0.39 is 0 Å². The van der Waals surface area contributed by atoms with E-state index >= 15 is 0 Å². The number of hydrogen-bond donors (Lipinski definition) is 5. The van der Waals surface area contributed by atoms with E-state index in [4.69, 9.17) is 24.4 Å². The normalized spacial score (nSPS) is 16.2. The molecule has 0 saturated carbocycles. The highest BCUT2D eigenvalue weighted by molar-refractivity contribution is 4.63. The topological polar surface area (TPSA) is 129 Å². The van der Waals surface area contributed by atoms with Gasteiger partial charge in [0.1, 0.15) is 6.10 Å². The smallest absolute Gasteiger partial charge is 0.104 e. The summed E-state index contributed by atoms with van der Waals surface area (Å²) in [5.41, 5.74) is 0. The Morgan fingerprint density at radius 2 is 1.04 bits per heavy atom. The van der Waals surface area contributed by atoms with Crippen molar-refractivity contribution in [1.82, 2.24) is 0 Å². The summed E-state index contributed by atoms with van der Waals surface area (Å²) < 4.78 is 17.1.